The molecule has 0 unspecified atom stereocenters. The van der Waals surface area contributed by atoms with Gasteiger partial charge in [-0.1, -0.05) is 63.2 Å². The number of nitrogens with zero attached hydrogens (tertiary/aromatic N) is 2. The summed E-state index contributed by atoms with van der Waals surface area (Å²) in [6, 6.07) is 11.8. The number of nitrogens with one attached hydrogen (secondary N) is 2. The van der Waals surface area contributed by atoms with Crippen molar-refractivity contribution < 1.29 is 29.0 Å². The van der Waals surface area contributed by atoms with E-state index in [2.05, 4.69) is 34.7 Å². The summed E-state index contributed by atoms with van der Waals surface area (Å²) in [6.45, 7) is 13.9. The molecule has 2 aromatic carbocycles. The van der Waals surface area contributed by atoms with Crippen molar-refractivity contribution in [1.82, 2.24) is 20.5 Å². The van der Waals surface area contributed by atoms with E-state index in [1.807, 2.05) is 77.4 Å². The summed E-state index contributed by atoms with van der Waals surface area (Å²) in [6.07, 6.45) is 2.25. The molecule has 6 atom stereocenters. The fourth-order valence-electron chi connectivity index (χ4n) is 6.87. The molecule has 0 radical (unpaired) electrons. The number of thiazole rings is 1. The molecule has 1 fully saturated rings. The number of nitrogens with two attached hydrogens (primary N) is 2. The lowest BCUT2D eigenvalue weighted by Gasteiger charge is -2.35. The third-order valence-electron chi connectivity index (χ3n) is 10.4. The first kappa shape index (κ1) is 46.5. The topological polar surface area (TPSA) is 190 Å². The van der Waals surface area contributed by atoms with Gasteiger partial charge < -0.3 is 36.8 Å². The Morgan fingerprint density at radius 2 is 1.73 bits per heavy atom. The van der Waals surface area contributed by atoms with Crippen LogP contribution in [0.4, 0.5) is 0 Å². The Bertz CT molecular complexity index is 1780. The molecule has 4 amide bonds. The van der Waals surface area contributed by atoms with Crippen molar-refractivity contribution in [3.63, 3.8) is 0 Å². The van der Waals surface area contributed by atoms with Crippen molar-refractivity contribution in [2.24, 2.45) is 16.9 Å². The van der Waals surface area contributed by atoms with E-state index in [1.54, 1.807) is 11.3 Å². The van der Waals surface area contributed by atoms with Crippen LogP contribution in [0.3, 0.4) is 0 Å². The van der Waals surface area contributed by atoms with Crippen molar-refractivity contribution in [1.29, 1.82) is 0 Å². The SMILES string of the molecule is Cc1cc(CO[C@H](C)[C@@H](N)CCC(N)=O)ccc1CCCCC(=O)N[C@H](C(=O)N1C[C@H](O)C[C@H]1C(=O)N[C@@H](C)c1ccc(-c2scnc2C)cc1)C(C)(C)C.Cl. The lowest BCUT2D eigenvalue weighted by atomic mass is 9.85. The maximum Gasteiger partial charge on any atom is 0.246 e. The van der Waals surface area contributed by atoms with Crippen LogP contribution in [0.25, 0.3) is 10.4 Å². The highest BCUT2D eigenvalue weighted by molar-refractivity contribution is 7.13. The summed E-state index contributed by atoms with van der Waals surface area (Å²) in [5, 5.41) is 16.6. The van der Waals surface area contributed by atoms with Crippen LogP contribution in [0.2, 0.25) is 0 Å². The summed E-state index contributed by atoms with van der Waals surface area (Å²) in [5.74, 6) is -1.32. The number of β-amino-alcohol motifs (C(OH)–C–C–N with tert-alkyl or cyclic N) is 1. The number of aryl methyl sites for hydroxylation is 3. The number of benzene rings is 2. The van der Waals surface area contributed by atoms with E-state index in [4.69, 9.17) is 16.2 Å². The van der Waals surface area contributed by atoms with Crippen LogP contribution in [0.1, 0.15) is 107 Å². The number of aliphatic hydroxyl groups excluding tert-OH is 1. The third kappa shape index (κ3) is 13.1. The van der Waals surface area contributed by atoms with Gasteiger partial charge in [0.1, 0.15) is 12.1 Å². The molecule has 2 heterocycles. The van der Waals surface area contributed by atoms with E-state index >= 15 is 0 Å². The van der Waals surface area contributed by atoms with Gasteiger partial charge in [0, 0.05) is 31.8 Å². The van der Waals surface area contributed by atoms with Gasteiger partial charge in [0.2, 0.25) is 23.6 Å². The number of aromatic nitrogens is 1. The predicted octanol–water partition coefficient (Wildman–Crippen LogP) is 5.43. The summed E-state index contributed by atoms with van der Waals surface area (Å²) in [7, 11) is 0. The Labute approximate surface area is 341 Å². The van der Waals surface area contributed by atoms with Gasteiger partial charge in [-0.2, -0.15) is 0 Å². The molecule has 1 saturated heterocycles. The molecular weight excluding hydrogens is 752 g/mol. The van der Waals surface area contributed by atoms with Crippen LogP contribution in [0, 0.1) is 19.3 Å². The van der Waals surface area contributed by atoms with E-state index in [0.29, 0.717) is 19.4 Å². The molecule has 7 N–H and O–H groups in total. The number of likely N-dealkylation sites (tertiary alicyclic amines) is 1. The molecule has 0 spiro atoms. The highest BCUT2D eigenvalue weighted by Crippen LogP contribution is 2.30. The van der Waals surface area contributed by atoms with Crippen molar-refractivity contribution in [3.8, 4) is 10.4 Å². The fourth-order valence-corrected chi connectivity index (χ4v) is 7.68. The van der Waals surface area contributed by atoms with Crippen LogP contribution >= 0.6 is 23.7 Å². The average Bonchev–Trinajstić information content (AvgIpc) is 3.75. The van der Waals surface area contributed by atoms with Crippen LogP contribution in [-0.2, 0) is 36.9 Å². The van der Waals surface area contributed by atoms with Crippen molar-refractivity contribution in [2.75, 3.05) is 6.54 Å². The first-order valence-electron chi connectivity index (χ1n) is 19.3. The molecule has 1 aliphatic rings. The summed E-state index contributed by atoms with van der Waals surface area (Å²) >= 11 is 1.58. The Kier molecular flexibility index (Phi) is 17.5. The zero-order valence-corrected chi connectivity index (χ0v) is 35.4. The Balaban J connectivity index is 0.00000841. The van der Waals surface area contributed by atoms with Gasteiger partial charge in [-0.3, -0.25) is 19.2 Å². The lowest BCUT2D eigenvalue weighted by molar-refractivity contribution is -0.144. The number of unbranched alkanes of at least 4 members (excludes halogenated alkanes) is 1. The second kappa shape index (κ2) is 21.0. The van der Waals surface area contributed by atoms with E-state index in [1.165, 1.54) is 10.5 Å². The lowest BCUT2D eigenvalue weighted by Crippen LogP contribution is -2.57. The minimum absolute atomic E-state index is 0. The first-order chi connectivity index (χ1) is 25.9. The molecule has 12 nitrogen and oxygen atoms in total. The van der Waals surface area contributed by atoms with Gasteiger partial charge in [-0.05, 0) is 86.6 Å². The van der Waals surface area contributed by atoms with Crippen molar-refractivity contribution in [3.05, 3.63) is 75.9 Å². The molecule has 0 aliphatic carbocycles. The highest BCUT2D eigenvalue weighted by atomic mass is 35.5. The molecule has 308 valence electrons. The number of amides is 4. The molecular formula is C42H61ClN6O6S. The number of carbonyl (C=O) groups excluding carboxylic acids is 4. The van der Waals surface area contributed by atoms with Crippen LogP contribution < -0.4 is 22.1 Å². The van der Waals surface area contributed by atoms with Gasteiger partial charge in [-0.15, -0.1) is 23.7 Å². The number of halogens is 1. The first-order valence-corrected chi connectivity index (χ1v) is 20.1. The van der Waals surface area contributed by atoms with E-state index in [-0.39, 0.29) is 80.0 Å². The van der Waals surface area contributed by atoms with Crippen molar-refractivity contribution >= 4 is 47.4 Å². The molecule has 0 bridgehead atoms. The standard InChI is InChI=1S/C42H60N6O6S.ClH/c1-25-20-29(23-54-28(4)34(43)18-19-36(44)50)12-13-30(25)10-8-9-11-37(51)47-39(42(5,6)7)41(53)48-22-33(49)21-35(48)40(52)46-26(2)31-14-16-32(17-15-31)38-27(3)45-24-55-38;/h12-17,20,24,26,28,33-35,39,49H,8-11,18-19,21-23,43H2,1-7H3,(H2,44,50)(H,46,52)(H,47,51);1H/t26-,28+,33+,34-,35-,39+;/m0./s1. The van der Waals surface area contributed by atoms with Gasteiger partial charge in [0.05, 0.1) is 40.9 Å². The maximum atomic E-state index is 14.1. The van der Waals surface area contributed by atoms with E-state index in [0.717, 1.165) is 45.7 Å². The Hall–Kier alpha value is -3.88. The largest absolute Gasteiger partial charge is 0.391 e. The zero-order valence-electron chi connectivity index (χ0n) is 33.8. The molecule has 14 heteroatoms. The predicted molar refractivity (Wildman–Crippen MR) is 223 cm³/mol. The van der Waals surface area contributed by atoms with Gasteiger partial charge in [0.15, 0.2) is 0 Å². The number of aliphatic hydroxyl groups is 1. The number of rotatable bonds is 18. The average molecular weight is 814 g/mol. The molecule has 4 rings (SSSR count). The third-order valence-corrected chi connectivity index (χ3v) is 11.4. The highest BCUT2D eigenvalue weighted by Gasteiger charge is 2.44. The smallest absolute Gasteiger partial charge is 0.246 e. The van der Waals surface area contributed by atoms with E-state index in [9.17, 15) is 24.3 Å². The number of primary amides is 1. The van der Waals surface area contributed by atoms with Gasteiger partial charge in [-0.25, -0.2) is 4.98 Å². The van der Waals surface area contributed by atoms with Crippen molar-refractivity contribution in [2.45, 2.75) is 136 Å². The van der Waals surface area contributed by atoms with Gasteiger partial charge >= 0.3 is 0 Å². The van der Waals surface area contributed by atoms with Crippen LogP contribution in [-0.4, -0.2) is 75.5 Å². The van der Waals surface area contributed by atoms with Crippen LogP contribution in [0.15, 0.2) is 48.0 Å². The zero-order chi connectivity index (χ0) is 40.4. The monoisotopic (exact) mass is 812 g/mol. The fraction of sp³-hybridized carbons (Fsp3) is 0.548. The number of carbonyl (C=O) groups is 4. The van der Waals surface area contributed by atoms with Gasteiger partial charge in [0.25, 0.3) is 0 Å². The Morgan fingerprint density at radius 3 is 2.34 bits per heavy atom. The van der Waals surface area contributed by atoms with E-state index < -0.39 is 23.6 Å². The minimum Gasteiger partial charge on any atom is -0.391 e. The van der Waals surface area contributed by atoms with Crippen LogP contribution in [0.5, 0.6) is 0 Å². The molecule has 3 aromatic rings. The summed E-state index contributed by atoms with van der Waals surface area (Å²) < 4.78 is 5.93. The normalized spacial score (nSPS) is 17.7. The second-order valence-electron chi connectivity index (χ2n) is 16.0. The molecule has 1 aliphatic heterocycles. The minimum atomic E-state index is -0.877. The number of hydrogen-bond donors (Lipinski definition) is 5. The molecule has 0 saturated carbocycles. The number of ether oxygens (including phenoxy) is 1. The molecule has 56 heavy (non-hydrogen) atoms. The Morgan fingerprint density at radius 1 is 1.04 bits per heavy atom. The molecule has 1 aromatic heterocycles. The number of hydrogen-bond acceptors (Lipinski definition) is 9. The summed E-state index contributed by atoms with van der Waals surface area (Å²) in [5.41, 5.74) is 18.8. The summed E-state index contributed by atoms with van der Waals surface area (Å²) in [4.78, 5) is 58.8. The second-order valence-corrected chi connectivity index (χ2v) is 16.9. The quantitative estimate of drug-likeness (QED) is 0.105. The maximum absolute atomic E-state index is 14.1.